The molecule has 0 atom stereocenters. The molecule has 3 rings (SSSR count). The van der Waals surface area contributed by atoms with E-state index in [9.17, 15) is 22.8 Å². The van der Waals surface area contributed by atoms with Crippen molar-refractivity contribution in [1.82, 2.24) is 10.7 Å². The highest BCUT2D eigenvalue weighted by Crippen LogP contribution is 2.37. The van der Waals surface area contributed by atoms with E-state index in [0.29, 0.717) is 0 Å². The number of hydrogen-bond acceptors (Lipinski definition) is 4. The summed E-state index contributed by atoms with van der Waals surface area (Å²) in [4.78, 5) is 28.1. The molecule has 3 aromatic rings. The van der Waals surface area contributed by atoms with Crippen LogP contribution in [0.5, 0.6) is 0 Å². The zero-order valence-electron chi connectivity index (χ0n) is 14.5. The normalized spacial score (nSPS) is 11.2. The first-order valence-electron chi connectivity index (χ1n) is 8.15. The highest BCUT2D eigenvalue weighted by atomic mass is 35.5. The first-order valence-corrected chi connectivity index (χ1v) is 8.53. The number of ketones is 1. The number of benzene rings is 2. The van der Waals surface area contributed by atoms with Crippen LogP contribution in [0.15, 0.2) is 60.9 Å². The second-order valence-electron chi connectivity index (χ2n) is 5.97. The van der Waals surface area contributed by atoms with Crippen molar-refractivity contribution in [3.8, 4) is 0 Å². The number of carbonyl (C=O) groups excluding carboxylic acids is 2. The topological polar surface area (TPSA) is 82.9 Å². The van der Waals surface area contributed by atoms with Gasteiger partial charge in [0, 0.05) is 40.5 Å². The molecule has 9 heteroatoms. The molecule has 147 valence electrons. The molecule has 1 amide bonds. The largest absolute Gasteiger partial charge is 0.417 e. The van der Waals surface area contributed by atoms with Crippen LogP contribution in [-0.2, 0) is 6.18 Å². The Kier molecular flexibility index (Phi) is 5.56. The number of alkyl halides is 3. The van der Waals surface area contributed by atoms with Crippen molar-refractivity contribution in [2.24, 2.45) is 0 Å². The molecule has 0 spiro atoms. The second kappa shape index (κ2) is 7.92. The van der Waals surface area contributed by atoms with Gasteiger partial charge in [-0.15, -0.1) is 0 Å². The molecule has 2 aromatic carbocycles. The van der Waals surface area contributed by atoms with Crippen LogP contribution in [0.25, 0.3) is 0 Å². The Bertz CT molecular complexity index is 1090. The molecule has 29 heavy (non-hydrogen) atoms. The van der Waals surface area contributed by atoms with Crippen LogP contribution in [0.4, 0.5) is 24.5 Å². The number of carbonyl (C=O) groups is 2. The summed E-state index contributed by atoms with van der Waals surface area (Å²) in [6.45, 7) is 0. The number of nitrogens with zero attached hydrogens (tertiary/aromatic N) is 1. The Balaban J connectivity index is 2.06. The SMILES string of the molecule is [NH]C(=O)c1ccc(Nc2ccc(Cl)c(C(F)(F)F)c2)c(C(=O)c2ccncc2)c1. The van der Waals surface area contributed by atoms with Crippen LogP contribution in [0, 0.1) is 0 Å². The number of anilines is 2. The van der Waals surface area contributed by atoms with Gasteiger partial charge in [-0.25, -0.2) is 0 Å². The van der Waals surface area contributed by atoms with Crippen molar-refractivity contribution in [1.29, 1.82) is 0 Å². The van der Waals surface area contributed by atoms with Crippen LogP contribution < -0.4 is 11.1 Å². The van der Waals surface area contributed by atoms with Crippen LogP contribution in [-0.4, -0.2) is 16.7 Å². The first kappa shape index (κ1) is 20.3. The molecule has 0 saturated heterocycles. The zero-order valence-corrected chi connectivity index (χ0v) is 15.3. The molecule has 0 unspecified atom stereocenters. The monoisotopic (exact) mass is 418 g/mol. The molecule has 0 aliphatic heterocycles. The lowest BCUT2D eigenvalue weighted by molar-refractivity contribution is -0.137. The van der Waals surface area contributed by atoms with Gasteiger partial charge in [-0.1, -0.05) is 11.6 Å². The molecule has 5 nitrogen and oxygen atoms in total. The molecule has 2 N–H and O–H groups in total. The van der Waals surface area contributed by atoms with Gasteiger partial charge in [0.1, 0.15) is 0 Å². The standard InChI is InChI=1S/C20H12ClF3N3O2/c21-16-3-2-13(10-15(16)20(22,23)24)27-17-4-1-12(19(25)29)9-14(17)18(28)11-5-7-26-8-6-11/h1-10,25,27H. The Labute approximate surface area is 168 Å². The molecule has 0 fully saturated rings. The fourth-order valence-electron chi connectivity index (χ4n) is 2.62. The van der Waals surface area contributed by atoms with E-state index in [1.807, 2.05) is 0 Å². The fraction of sp³-hybridized carbons (Fsp3) is 0.0500. The van der Waals surface area contributed by atoms with Crippen molar-refractivity contribution >= 4 is 34.7 Å². The maximum absolute atomic E-state index is 13.1. The summed E-state index contributed by atoms with van der Waals surface area (Å²) < 4.78 is 39.3. The van der Waals surface area contributed by atoms with E-state index in [0.717, 1.165) is 12.1 Å². The predicted octanol–water partition coefficient (Wildman–Crippen LogP) is 5.15. The summed E-state index contributed by atoms with van der Waals surface area (Å²) in [5.74, 6) is -1.48. The van der Waals surface area contributed by atoms with Gasteiger partial charge in [-0.05, 0) is 48.5 Å². The molecule has 1 heterocycles. The van der Waals surface area contributed by atoms with Crippen LogP contribution >= 0.6 is 11.6 Å². The minimum absolute atomic E-state index is 0.0257. The van der Waals surface area contributed by atoms with Crippen molar-refractivity contribution in [2.75, 3.05) is 5.32 Å². The summed E-state index contributed by atoms with van der Waals surface area (Å²) in [5, 5.41) is 2.31. The molecule has 1 radical (unpaired) electrons. The van der Waals surface area contributed by atoms with Crippen LogP contribution in [0.1, 0.15) is 31.8 Å². The summed E-state index contributed by atoms with van der Waals surface area (Å²) in [7, 11) is 0. The van der Waals surface area contributed by atoms with Crippen molar-refractivity contribution in [2.45, 2.75) is 6.18 Å². The minimum Gasteiger partial charge on any atom is -0.355 e. The molecule has 0 aliphatic rings. The molecule has 0 saturated carbocycles. The maximum Gasteiger partial charge on any atom is 0.417 e. The van der Waals surface area contributed by atoms with Gasteiger partial charge in [0.05, 0.1) is 10.6 Å². The van der Waals surface area contributed by atoms with Crippen molar-refractivity contribution < 1.29 is 22.8 Å². The first-order chi connectivity index (χ1) is 13.7. The minimum atomic E-state index is -4.65. The van der Waals surface area contributed by atoms with Gasteiger partial charge in [-0.2, -0.15) is 13.2 Å². The van der Waals surface area contributed by atoms with E-state index in [1.165, 1.54) is 48.8 Å². The highest BCUT2D eigenvalue weighted by Gasteiger charge is 2.33. The average molecular weight is 419 g/mol. The van der Waals surface area contributed by atoms with Crippen molar-refractivity contribution in [3.05, 3.63) is 88.2 Å². The van der Waals surface area contributed by atoms with E-state index in [1.54, 1.807) is 0 Å². The number of rotatable bonds is 5. The molecule has 1 aromatic heterocycles. The average Bonchev–Trinajstić information content (AvgIpc) is 2.69. The number of nitrogens with one attached hydrogen (secondary N) is 2. The highest BCUT2D eigenvalue weighted by molar-refractivity contribution is 6.31. The van der Waals surface area contributed by atoms with E-state index in [2.05, 4.69) is 10.3 Å². The summed E-state index contributed by atoms with van der Waals surface area (Å²) in [5.41, 5.74) is 6.72. The lowest BCUT2D eigenvalue weighted by Crippen LogP contribution is -2.10. The van der Waals surface area contributed by atoms with Crippen LogP contribution in [0.2, 0.25) is 5.02 Å². The van der Waals surface area contributed by atoms with E-state index < -0.39 is 28.5 Å². The predicted molar refractivity (Wildman–Crippen MR) is 101 cm³/mol. The Morgan fingerprint density at radius 3 is 2.28 bits per heavy atom. The summed E-state index contributed by atoms with van der Waals surface area (Å²) >= 11 is 5.64. The van der Waals surface area contributed by atoms with Crippen molar-refractivity contribution in [3.63, 3.8) is 0 Å². The lowest BCUT2D eigenvalue weighted by atomic mass is 9.99. The third-order valence-corrected chi connectivity index (χ3v) is 4.35. The van der Waals surface area contributed by atoms with Crippen LogP contribution in [0.3, 0.4) is 0 Å². The molecular formula is C20H12ClF3N3O2. The third-order valence-electron chi connectivity index (χ3n) is 4.02. The quantitative estimate of drug-likeness (QED) is 0.581. The van der Waals surface area contributed by atoms with E-state index in [4.69, 9.17) is 17.3 Å². The molecule has 0 bridgehead atoms. The van der Waals surface area contributed by atoms with Gasteiger partial charge in [-0.3, -0.25) is 20.3 Å². The summed E-state index contributed by atoms with van der Waals surface area (Å²) in [6.07, 6.45) is -1.82. The lowest BCUT2D eigenvalue weighted by Gasteiger charge is -2.15. The Hall–Kier alpha value is -3.39. The Morgan fingerprint density at radius 2 is 1.66 bits per heavy atom. The van der Waals surface area contributed by atoms with Gasteiger partial charge < -0.3 is 5.32 Å². The van der Waals surface area contributed by atoms with Gasteiger partial charge >= 0.3 is 6.18 Å². The molecular weight excluding hydrogens is 407 g/mol. The zero-order chi connectivity index (χ0) is 21.2. The van der Waals surface area contributed by atoms with Gasteiger partial charge in [0.2, 0.25) is 0 Å². The second-order valence-corrected chi connectivity index (χ2v) is 6.38. The fourth-order valence-corrected chi connectivity index (χ4v) is 2.84. The molecule has 0 aliphatic carbocycles. The number of amides is 1. The van der Waals surface area contributed by atoms with E-state index in [-0.39, 0.29) is 28.1 Å². The number of aromatic nitrogens is 1. The Morgan fingerprint density at radius 1 is 0.966 bits per heavy atom. The number of halogens is 4. The third kappa shape index (κ3) is 4.55. The summed E-state index contributed by atoms with van der Waals surface area (Å²) in [6, 6.07) is 10.1. The number of hydrogen-bond donors (Lipinski definition) is 1. The maximum atomic E-state index is 13.1. The van der Waals surface area contributed by atoms with Gasteiger partial charge in [0.15, 0.2) is 5.78 Å². The van der Waals surface area contributed by atoms with E-state index >= 15 is 0 Å². The smallest absolute Gasteiger partial charge is 0.355 e. The van der Waals surface area contributed by atoms with Gasteiger partial charge in [0.25, 0.3) is 5.91 Å². The number of pyridine rings is 1.